The van der Waals surface area contributed by atoms with Gasteiger partial charge in [-0.3, -0.25) is 0 Å². The van der Waals surface area contributed by atoms with Gasteiger partial charge in [0.2, 0.25) is 0 Å². The number of fused-ring (bicyclic) bond motifs is 3. The Morgan fingerprint density at radius 1 is 0.273 bits per heavy atom. The molecule has 0 atom stereocenters. The molecule has 13 aromatic rings. The first-order valence-corrected chi connectivity index (χ1v) is 25.0. The molecule has 0 fully saturated rings. The summed E-state index contributed by atoms with van der Waals surface area (Å²) in [7, 11) is 0. The third-order valence-corrected chi connectivity index (χ3v) is 13.5. The van der Waals surface area contributed by atoms with Crippen molar-refractivity contribution in [1.82, 2.24) is 39.5 Å². The zero-order chi connectivity index (χ0) is 51.9. The van der Waals surface area contributed by atoms with Crippen LogP contribution in [0, 0.1) is 0 Å². The fourth-order valence-electron chi connectivity index (χ4n) is 9.83. The first-order valence-electron chi connectivity index (χ1n) is 25.0. The molecule has 0 aliphatic carbocycles. The lowest BCUT2D eigenvalue weighted by Gasteiger charge is -2.22. The lowest BCUT2D eigenvalue weighted by Crippen LogP contribution is -2.11. The molecule has 77 heavy (non-hydrogen) atoms. The zero-order valence-electron chi connectivity index (χ0n) is 40.9. The van der Waals surface area contributed by atoms with Crippen LogP contribution < -0.4 is 0 Å². The van der Waals surface area contributed by atoms with E-state index in [1.165, 1.54) is 12.1 Å². The lowest BCUT2D eigenvalue weighted by atomic mass is 9.96. The zero-order valence-corrected chi connectivity index (χ0v) is 40.9. The molecular weight excluding hydrogens is 962 g/mol. The van der Waals surface area contributed by atoms with Gasteiger partial charge in [0, 0.05) is 60.8 Å². The molecule has 366 valence electrons. The van der Waals surface area contributed by atoms with Gasteiger partial charge in [-0.05, 0) is 48.5 Å². The summed E-state index contributed by atoms with van der Waals surface area (Å²) >= 11 is 0. The second kappa shape index (κ2) is 19.5. The number of hydrogen-bond acceptors (Lipinski definition) is 7. The van der Waals surface area contributed by atoms with Gasteiger partial charge in [-0.15, -0.1) is 0 Å². The van der Waals surface area contributed by atoms with Crippen LogP contribution in [-0.4, -0.2) is 39.5 Å². The minimum atomic E-state index is -4.81. The van der Waals surface area contributed by atoms with Crippen LogP contribution in [0.5, 0.6) is 0 Å². The predicted molar refractivity (Wildman–Crippen MR) is 299 cm³/mol. The smallest absolute Gasteiger partial charge is 0.308 e. The highest BCUT2D eigenvalue weighted by Crippen LogP contribution is 2.46. The van der Waals surface area contributed by atoms with Crippen molar-refractivity contribution in [2.45, 2.75) is 6.18 Å². The summed E-state index contributed by atoms with van der Waals surface area (Å²) < 4.78 is 49.8. The average Bonchev–Trinajstić information content (AvgIpc) is 3.88. The second-order valence-electron chi connectivity index (χ2n) is 18.4. The largest absolute Gasteiger partial charge is 0.416 e. The van der Waals surface area contributed by atoms with Crippen molar-refractivity contribution in [1.29, 1.82) is 0 Å². The van der Waals surface area contributed by atoms with E-state index < -0.39 is 11.7 Å². The van der Waals surface area contributed by atoms with E-state index in [2.05, 4.69) is 0 Å². The Balaban J connectivity index is 1.14. The van der Waals surface area contributed by atoms with Gasteiger partial charge in [-0.2, -0.15) is 13.2 Å². The molecule has 0 saturated heterocycles. The number of hydrogen-bond donors (Lipinski definition) is 0. The van der Waals surface area contributed by atoms with Gasteiger partial charge in [0.05, 0.1) is 45.1 Å². The van der Waals surface area contributed by atoms with E-state index in [0.717, 1.165) is 44.1 Å². The van der Waals surface area contributed by atoms with E-state index in [0.29, 0.717) is 62.7 Å². The maximum absolute atomic E-state index is 15.9. The quantitative estimate of drug-likeness (QED) is 0.135. The van der Waals surface area contributed by atoms with Crippen molar-refractivity contribution in [3.05, 3.63) is 254 Å². The molecule has 0 bridgehead atoms. The molecule has 0 N–H and O–H groups in total. The fourth-order valence-corrected chi connectivity index (χ4v) is 9.83. The topological polar surface area (TPSA) is 95.2 Å². The van der Waals surface area contributed by atoms with Crippen LogP contribution >= 0.6 is 0 Å². The van der Waals surface area contributed by atoms with Crippen LogP contribution in [0.15, 0.2) is 249 Å². The molecule has 0 unspecified atom stereocenters. The van der Waals surface area contributed by atoms with Crippen LogP contribution in [0.1, 0.15) is 5.56 Å². The maximum atomic E-state index is 15.9. The van der Waals surface area contributed by atoms with E-state index >= 15 is 13.2 Å². The summed E-state index contributed by atoms with van der Waals surface area (Å²) in [5.41, 5.74) is 8.46. The molecular formula is C66H41F3N8. The number of aromatic nitrogens is 8. The van der Waals surface area contributed by atoms with Crippen LogP contribution in [0.25, 0.3) is 129 Å². The Bertz CT molecular complexity index is 3970. The van der Waals surface area contributed by atoms with Gasteiger partial charge < -0.3 is 4.57 Å². The van der Waals surface area contributed by atoms with Crippen LogP contribution in [0.3, 0.4) is 0 Å². The minimum Gasteiger partial charge on any atom is -0.308 e. The number of rotatable bonds is 10. The van der Waals surface area contributed by atoms with E-state index in [1.807, 2.05) is 235 Å². The van der Waals surface area contributed by atoms with Gasteiger partial charge in [-0.25, -0.2) is 34.9 Å². The van der Waals surface area contributed by atoms with E-state index in [1.54, 1.807) is 6.07 Å². The summed E-state index contributed by atoms with van der Waals surface area (Å²) in [6.07, 6.45) is -4.81. The Kier molecular flexibility index (Phi) is 11.8. The summed E-state index contributed by atoms with van der Waals surface area (Å²) in [6, 6.07) is 77.6. The molecule has 0 aliphatic heterocycles. The van der Waals surface area contributed by atoms with Gasteiger partial charge in [0.25, 0.3) is 0 Å². The standard InChI is InChI=1S/C66H41F3N8/c67-66(68,69)49-38-52(57-41-56(44-25-11-3-12-26-44)70-61(73-57)45-27-13-4-14-28-45)60(53(39-49)65-71-54(42-21-7-1-8-22-42)40-55(72-65)43-23-9-2-10-24-43)77-58-34-20-19-33-50(58)51-37-48(35-36-59(51)77)64-75-62(46-29-15-5-16-30-46)74-63(76-64)47-31-17-6-18-32-47/h1-41H. The molecule has 4 heterocycles. The minimum absolute atomic E-state index is 0.0859. The number of benzene rings is 9. The van der Waals surface area contributed by atoms with E-state index in [-0.39, 0.29) is 22.6 Å². The highest BCUT2D eigenvalue weighted by Gasteiger charge is 2.35. The maximum Gasteiger partial charge on any atom is 0.416 e. The first-order chi connectivity index (χ1) is 37.8. The van der Waals surface area contributed by atoms with Crippen LogP contribution in [0.4, 0.5) is 13.2 Å². The third kappa shape index (κ3) is 9.06. The van der Waals surface area contributed by atoms with Crippen LogP contribution in [0.2, 0.25) is 0 Å². The molecule has 13 rings (SSSR count). The van der Waals surface area contributed by atoms with Crippen molar-refractivity contribution in [2.75, 3.05) is 0 Å². The van der Waals surface area contributed by atoms with Crippen molar-refractivity contribution >= 4 is 21.8 Å². The van der Waals surface area contributed by atoms with E-state index in [9.17, 15) is 0 Å². The van der Waals surface area contributed by atoms with Crippen molar-refractivity contribution in [2.24, 2.45) is 0 Å². The normalized spacial score (nSPS) is 11.6. The van der Waals surface area contributed by atoms with E-state index in [4.69, 9.17) is 34.9 Å². The number of para-hydroxylation sites is 1. The molecule has 9 aromatic carbocycles. The molecule has 0 spiro atoms. The van der Waals surface area contributed by atoms with Gasteiger partial charge in [0.1, 0.15) is 0 Å². The second-order valence-corrected chi connectivity index (χ2v) is 18.4. The van der Waals surface area contributed by atoms with Gasteiger partial charge >= 0.3 is 6.18 Å². The molecule has 11 heteroatoms. The monoisotopic (exact) mass is 1000 g/mol. The SMILES string of the molecule is FC(F)(F)c1cc(-c2cc(-c3ccccc3)nc(-c3ccccc3)n2)c(-n2c3ccccc3c3cc(-c4nc(-c5ccccc5)nc(-c5ccccc5)n4)ccc32)c(-c2nc(-c3ccccc3)cc(-c3ccccc3)n2)c1. The summed E-state index contributed by atoms with van der Waals surface area (Å²) in [5, 5.41) is 1.64. The first kappa shape index (κ1) is 46.5. The van der Waals surface area contributed by atoms with Crippen molar-refractivity contribution in [3.8, 4) is 108 Å². The Morgan fingerprint density at radius 2 is 0.636 bits per heavy atom. The molecule has 8 nitrogen and oxygen atoms in total. The van der Waals surface area contributed by atoms with Crippen molar-refractivity contribution < 1.29 is 13.2 Å². The fraction of sp³-hybridized carbons (Fsp3) is 0.0152. The van der Waals surface area contributed by atoms with Crippen molar-refractivity contribution in [3.63, 3.8) is 0 Å². The van der Waals surface area contributed by atoms with Gasteiger partial charge in [-0.1, -0.05) is 200 Å². The predicted octanol–water partition coefficient (Wildman–Crippen LogP) is 16.6. The molecule has 0 saturated carbocycles. The van der Waals surface area contributed by atoms with Gasteiger partial charge in [0.15, 0.2) is 29.1 Å². The summed E-state index contributed by atoms with van der Waals surface area (Å²) in [6.45, 7) is 0. The average molecular weight is 1000 g/mol. The highest BCUT2D eigenvalue weighted by atomic mass is 19.4. The molecule has 0 radical (unpaired) electrons. The Hall–Kier alpha value is -10.3. The Labute approximate surface area is 440 Å². The number of alkyl halides is 3. The summed E-state index contributed by atoms with van der Waals surface area (Å²) in [4.78, 5) is 35.7. The number of halogens is 3. The summed E-state index contributed by atoms with van der Waals surface area (Å²) in [5.74, 6) is 1.91. The van der Waals surface area contributed by atoms with Crippen LogP contribution in [-0.2, 0) is 6.18 Å². The molecule has 0 aliphatic rings. The highest BCUT2D eigenvalue weighted by molar-refractivity contribution is 6.11. The lowest BCUT2D eigenvalue weighted by molar-refractivity contribution is -0.137. The molecule has 4 aromatic heterocycles. The third-order valence-electron chi connectivity index (χ3n) is 13.5. The Morgan fingerprint density at radius 3 is 1.12 bits per heavy atom. The number of nitrogens with zero attached hydrogens (tertiary/aromatic N) is 8. The molecule has 0 amide bonds.